The molecule has 0 atom stereocenters. The lowest BCUT2D eigenvalue weighted by Gasteiger charge is -2.06. The van der Waals surface area contributed by atoms with E-state index < -0.39 is 5.91 Å². The Morgan fingerprint density at radius 1 is 1.15 bits per heavy atom. The predicted octanol–water partition coefficient (Wildman–Crippen LogP) is 3.51. The van der Waals surface area contributed by atoms with Crippen LogP contribution in [0.2, 0.25) is 5.02 Å². The van der Waals surface area contributed by atoms with E-state index in [0.29, 0.717) is 33.5 Å². The zero-order valence-electron chi connectivity index (χ0n) is 14.7. The first-order valence-electron chi connectivity index (χ1n) is 7.97. The molecular formula is C19H17ClN4O3. The molecule has 0 bridgehead atoms. The number of halogens is 1. The standard InChI is InChI=1S/C19H17ClN4O3/c1-26-15-8-5-13(18(9-15)27-2)11-21-24-19(25)17-10-16(22-23-17)12-3-6-14(20)7-4-12/h3-11H,1-2H3,(H,22,23)(H,24,25)/b21-11-. The number of benzene rings is 2. The summed E-state index contributed by atoms with van der Waals surface area (Å²) in [6.45, 7) is 0. The van der Waals surface area contributed by atoms with Gasteiger partial charge in [-0.25, -0.2) is 5.43 Å². The van der Waals surface area contributed by atoms with Crippen molar-refractivity contribution in [3.05, 3.63) is 64.8 Å². The molecule has 0 unspecified atom stereocenters. The summed E-state index contributed by atoms with van der Waals surface area (Å²) >= 11 is 5.88. The van der Waals surface area contributed by atoms with E-state index in [1.54, 1.807) is 50.6 Å². The molecule has 0 radical (unpaired) electrons. The molecule has 0 fully saturated rings. The van der Waals surface area contributed by atoms with Crippen molar-refractivity contribution in [3.8, 4) is 22.8 Å². The fraction of sp³-hybridized carbons (Fsp3) is 0.105. The lowest BCUT2D eigenvalue weighted by Crippen LogP contribution is -2.18. The average molecular weight is 385 g/mol. The van der Waals surface area contributed by atoms with Crippen molar-refractivity contribution in [2.75, 3.05) is 14.2 Å². The lowest BCUT2D eigenvalue weighted by molar-refractivity contribution is 0.0950. The molecule has 0 saturated heterocycles. The van der Waals surface area contributed by atoms with E-state index >= 15 is 0 Å². The number of nitrogens with zero attached hydrogens (tertiary/aromatic N) is 2. The van der Waals surface area contributed by atoms with E-state index in [1.807, 2.05) is 12.1 Å². The van der Waals surface area contributed by atoms with Crippen molar-refractivity contribution in [1.29, 1.82) is 0 Å². The molecule has 1 amide bonds. The number of hydrogen-bond acceptors (Lipinski definition) is 5. The quantitative estimate of drug-likeness (QED) is 0.502. The molecule has 3 aromatic rings. The van der Waals surface area contributed by atoms with Crippen molar-refractivity contribution in [1.82, 2.24) is 15.6 Å². The normalized spacial score (nSPS) is 10.8. The third kappa shape index (κ3) is 4.45. The molecule has 0 saturated carbocycles. The van der Waals surface area contributed by atoms with Crippen LogP contribution in [0.5, 0.6) is 11.5 Å². The number of carbonyl (C=O) groups excluding carboxylic acids is 1. The van der Waals surface area contributed by atoms with Crippen LogP contribution in [-0.4, -0.2) is 36.5 Å². The first-order valence-corrected chi connectivity index (χ1v) is 8.35. The van der Waals surface area contributed by atoms with Crippen molar-refractivity contribution < 1.29 is 14.3 Å². The number of nitrogens with one attached hydrogen (secondary N) is 2. The van der Waals surface area contributed by atoms with Gasteiger partial charge in [0.2, 0.25) is 0 Å². The van der Waals surface area contributed by atoms with Crippen LogP contribution in [0.4, 0.5) is 0 Å². The Hall–Kier alpha value is -3.32. The average Bonchev–Trinajstić information content (AvgIpc) is 3.19. The van der Waals surface area contributed by atoms with Crippen molar-refractivity contribution >= 4 is 23.7 Å². The summed E-state index contributed by atoms with van der Waals surface area (Å²) in [4.78, 5) is 12.2. The number of H-pyrrole nitrogens is 1. The van der Waals surface area contributed by atoms with Crippen molar-refractivity contribution in [2.24, 2.45) is 5.10 Å². The molecule has 0 aliphatic carbocycles. The fourth-order valence-electron chi connectivity index (χ4n) is 2.35. The molecule has 138 valence electrons. The molecule has 0 aliphatic rings. The van der Waals surface area contributed by atoms with Gasteiger partial charge in [-0.05, 0) is 30.3 Å². The van der Waals surface area contributed by atoms with Crippen LogP contribution in [0.3, 0.4) is 0 Å². The number of carbonyl (C=O) groups is 1. The minimum atomic E-state index is -0.411. The van der Waals surface area contributed by atoms with Crippen LogP contribution in [0.15, 0.2) is 53.6 Å². The van der Waals surface area contributed by atoms with E-state index in [1.165, 1.54) is 6.21 Å². The maximum absolute atomic E-state index is 12.2. The van der Waals surface area contributed by atoms with E-state index in [0.717, 1.165) is 5.56 Å². The maximum Gasteiger partial charge on any atom is 0.289 e. The largest absolute Gasteiger partial charge is 0.497 e. The van der Waals surface area contributed by atoms with E-state index in [2.05, 4.69) is 20.7 Å². The molecular weight excluding hydrogens is 368 g/mol. The van der Waals surface area contributed by atoms with Crippen LogP contribution in [0.25, 0.3) is 11.3 Å². The summed E-state index contributed by atoms with van der Waals surface area (Å²) in [7, 11) is 3.12. The number of aromatic nitrogens is 2. The van der Waals surface area contributed by atoms with Gasteiger partial charge in [-0.2, -0.15) is 10.2 Å². The topological polar surface area (TPSA) is 88.6 Å². The molecule has 1 heterocycles. The molecule has 0 spiro atoms. The van der Waals surface area contributed by atoms with Gasteiger partial charge in [0.25, 0.3) is 5.91 Å². The lowest BCUT2D eigenvalue weighted by atomic mass is 10.1. The molecule has 7 nitrogen and oxygen atoms in total. The van der Waals surface area contributed by atoms with Gasteiger partial charge in [0, 0.05) is 22.2 Å². The monoisotopic (exact) mass is 384 g/mol. The van der Waals surface area contributed by atoms with E-state index in [9.17, 15) is 4.79 Å². The number of hydrogen-bond donors (Lipinski definition) is 2. The highest BCUT2D eigenvalue weighted by Crippen LogP contribution is 2.23. The molecule has 3 rings (SSSR count). The Morgan fingerprint density at radius 2 is 1.93 bits per heavy atom. The second-order valence-electron chi connectivity index (χ2n) is 5.48. The Morgan fingerprint density at radius 3 is 2.63 bits per heavy atom. The van der Waals surface area contributed by atoms with Gasteiger partial charge in [-0.15, -0.1) is 0 Å². The van der Waals surface area contributed by atoms with Gasteiger partial charge in [-0.1, -0.05) is 23.7 Å². The van der Waals surface area contributed by atoms with Crippen molar-refractivity contribution in [2.45, 2.75) is 0 Å². The summed E-state index contributed by atoms with van der Waals surface area (Å²) in [5.41, 5.74) is 4.93. The number of rotatable bonds is 6. The highest BCUT2D eigenvalue weighted by Gasteiger charge is 2.10. The van der Waals surface area contributed by atoms with Gasteiger partial charge in [0.1, 0.15) is 17.2 Å². The minimum absolute atomic E-state index is 0.291. The van der Waals surface area contributed by atoms with Crippen molar-refractivity contribution in [3.63, 3.8) is 0 Å². The first-order chi connectivity index (χ1) is 13.1. The smallest absolute Gasteiger partial charge is 0.289 e. The van der Waals surface area contributed by atoms with Gasteiger partial charge in [0.05, 0.1) is 26.1 Å². The second-order valence-corrected chi connectivity index (χ2v) is 5.92. The number of ether oxygens (including phenoxy) is 2. The Bertz CT molecular complexity index is 967. The Kier molecular flexibility index (Phi) is 5.73. The van der Waals surface area contributed by atoms with Crippen LogP contribution in [0, 0.1) is 0 Å². The van der Waals surface area contributed by atoms with Gasteiger partial charge in [0.15, 0.2) is 0 Å². The van der Waals surface area contributed by atoms with Crippen LogP contribution in [0.1, 0.15) is 16.1 Å². The number of aromatic amines is 1. The van der Waals surface area contributed by atoms with E-state index in [4.69, 9.17) is 21.1 Å². The summed E-state index contributed by atoms with van der Waals surface area (Å²) in [5.74, 6) is 0.839. The number of methoxy groups -OCH3 is 2. The Balaban J connectivity index is 1.68. The fourth-order valence-corrected chi connectivity index (χ4v) is 2.48. The van der Waals surface area contributed by atoms with Gasteiger partial charge < -0.3 is 9.47 Å². The first kappa shape index (κ1) is 18.5. The van der Waals surface area contributed by atoms with Gasteiger partial charge in [-0.3, -0.25) is 9.89 Å². The highest BCUT2D eigenvalue weighted by molar-refractivity contribution is 6.30. The van der Waals surface area contributed by atoms with Crippen LogP contribution >= 0.6 is 11.6 Å². The number of amides is 1. The maximum atomic E-state index is 12.2. The molecule has 1 aromatic heterocycles. The zero-order valence-corrected chi connectivity index (χ0v) is 15.4. The molecule has 27 heavy (non-hydrogen) atoms. The summed E-state index contributed by atoms with van der Waals surface area (Å²) in [6, 6.07) is 14.1. The van der Waals surface area contributed by atoms with Crippen LogP contribution < -0.4 is 14.9 Å². The molecule has 8 heteroatoms. The Labute approximate surface area is 161 Å². The van der Waals surface area contributed by atoms with Gasteiger partial charge >= 0.3 is 0 Å². The third-order valence-electron chi connectivity index (χ3n) is 3.77. The summed E-state index contributed by atoms with van der Waals surface area (Å²) in [5, 5.41) is 11.4. The third-order valence-corrected chi connectivity index (χ3v) is 4.02. The van der Waals surface area contributed by atoms with Crippen LogP contribution in [-0.2, 0) is 0 Å². The predicted molar refractivity (Wildman–Crippen MR) is 104 cm³/mol. The van der Waals surface area contributed by atoms with E-state index in [-0.39, 0.29) is 0 Å². The summed E-state index contributed by atoms with van der Waals surface area (Å²) < 4.78 is 10.4. The minimum Gasteiger partial charge on any atom is -0.497 e. The molecule has 0 aliphatic heterocycles. The second kappa shape index (κ2) is 8.37. The SMILES string of the molecule is COc1ccc(/C=N\NC(=O)c2cc(-c3ccc(Cl)cc3)n[nH]2)c(OC)c1. The highest BCUT2D eigenvalue weighted by atomic mass is 35.5. The zero-order chi connectivity index (χ0) is 19.2. The molecule has 2 aromatic carbocycles. The molecule has 2 N–H and O–H groups in total. The number of hydrazone groups is 1. The summed E-state index contributed by atoms with van der Waals surface area (Å²) in [6.07, 6.45) is 1.49.